The molecular formula is C15H30N4O. The number of nitrogens with one attached hydrogen (secondary N) is 1. The molecular weight excluding hydrogens is 252 g/mol. The van der Waals surface area contributed by atoms with Crippen LogP contribution < -0.4 is 5.32 Å². The maximum atomic E-state index is 5.35. The summed E-state index contributed by atoms with van der Waals surface area (Å²) in [5.74, 6) is 0.953. The molecule has 0 aliphatic rings. The van der Waals surface area contributed by atoms with Crippen LogP contribution in [0.1, 0.15) is 32.9 Å². The quantitative estimate of drug-likeness (QED) is 0.706. The minimum atomic E-state index is 0.0922. The number of anilines is 1. The Kier molecular flexibility index (Phi) is 6.49. The Hall–Kier alpha value is -1.07. The molecule has 0 saturated carbocycles. The van der Waals surface area contributed by atoms with Gasteiger partial charge in [-0.3, -0.25) is 0 Å². The van der Waals surface area contributed by atoms with Gasteiger partial charge in [0.05, 0.1) is 5.69 Å². The molecule has 0 bridgehead atoms. The second-order valence-electron chi connectivity index (χ2n) is 6.02. The van der Waals surface area contributed by atoms with Crippen molar-refractivity contribution in [1.29, 1.82) is 0 Å². The Balaban J connectivity index is 2.59. The second-order valence-corrected chi connectivity index (χ2v) is 6.02. The van der Waals surface area contributed by atoms with Crippen LogP contribution in [-0.2, 0) is 11.3 Å². The molecule has 0 aliphatic carbocycles. The van der Waals surface area contributed by atoms with E-state index in [2.05, 4.69) is 53.9 Å². The third kappa shape index (κ3) is 5.13. The number of hydrogen-bond donors (Lipinski definition) is 1. The third-order valence-corrected chi connectivity index (χ3v) is 3.62. The normalized spacial score (nSPS) is 12.2. The number of imidazole rings is 1. The van der Waals surface area contributed by atoms with E-state index < -0.39 is 0 Å². The van der Waals surface area contributed by atoms with Crippen LogP contribution in [0.2, 0.25) is 0 Å². The third-order valence-electron chi connectivity index (χ3n) is 3.62. The number of nitrogens with zero attached hydrogens (tertiary/aromatic N) is 3. The molecule has 0 atom stereocenters. The average Bonchev–Trinajstić information content (AvgIpc) is 2.68. The Morgan fingerprint density at radius 1 is 1.40 bits per heavy atom. The molecule has 116 valence electrons. The van der Waals surface area contributed by atoms with Crippen molar-refractivity contribution in [3.05, 3.63) is 11.9 Å². The van der Waals surface area contributed by atoms with E-state index in [-0.39, 0.29) is 5.54 Å². The molecule has 1 aromatic heterocycles. The maximum Gasteiger partial charge on any atom is 0.203 e. The first-order valence-corrected chi connectivity index (χ1v) is 7.39. The van der Waals surface area contributed by atoms with Crippen LogP contribution in [0.5, 0.6) is 0 Å². The fourth-order valence-corrected chi connectivity index (χ4v) is 1.89. The smallest absolute Gasteiger partial charge is 0.203 e. The lowest BCUT2D eigenvalue weighted by molar-refractivity contribution is 0.147. The summed E-state index contributed by atoms with van der Waals surface area (Å²) in [6, 6.07) is 0. The van der Waals surface area contributed by atoms with Gasteiger partial charge in [-0.05, 0) is 48.2 Å². The van der Waals surface area contributed by atoms with Gasteiger partial charge >= 0.3 is 0 Å². The van der Waals surface area contributed by atoms with Gasteiger partial charge in [-0.25, -0.2) is 4.98 Å². The second kappa shape index (κ2) is 7.64. The summed E-state index contributed by atoms with van der Waals surface area (Å²) in [6.07, 6.45) is 3.10. The number of aromatic nitrogens is 2. The van der Waals surface area contributed by atoms with Gasteiger partial charge in [0.15, 0.2) is 0 Å². The average molecular weight is 282 g/mol. The minimum absolute atomic E-state index is 0.0922. The van der Waals surface area contributed by atoms with E-state index in [9.17, 15) is 0 Å². The summed E-state index contributed by atoms with van der Waals surface area (Å²) < 4.78 is 7.55. The number of likely N-dealkylation sites (N-methyl/N-ethyl adjacent to an activating group) is 1. The van der Waals surface area contributed by atoms with Crippen LogP contribution >= 0.6 is 0 Å². The molecule has 5 heteroatoms. The molecule has 0 spiro atoms. The van der Waals surface area contributed by atoms with Gasteiger partial charge in [0.25, 0.3) is 0 Å². The van der Waals surface area contributed by atoms with E-state index >= 15 is 0 Å². The van der Waals surface area contributed by atoms with Gasteiger partial charge in [0, 0.05) is 38.0 Å². The summed E-state index contributed by atoms with van der Waals surface area (Å²) in [6.45, 7) is 11.9. The predicted molar refractivity (Wildman–Crippen MR) is 84.3 cm³/mol. The van der Waals surface area contributed by atoms with Gasteiger partial charge < -0.3 is 19.5 Å². The molecule has 5 nitrogen and oxygen atoms in total. The molecule has 0 radical (unpaired) electrons. The molecule has 0 fully saturated rings. The van der Waals surface area contributed by atoms with Crippen LogP contribution in [-0.4, -0.2) is 53.8 Å². The van der Waals surface area contributed by atoms with Crippen LogP contribution in [0.15, 0.2) is 6.20 Å². The van der Waals surface area contributed by atoms with E-state index in [1.807, 2.05) is 13.8 Å². The SMILES string of the molecule is CCOCCCNc1nc(C)cn1CC(C)(C)N(C)C. The first-order chi connectivity index (χ1) is 9.36. The van der Waals surface area contributed by atoms with Crippen LogP contribution in [0, 0.1) is 6.92 Å². The zero-order valence-corrected chi connectivity index (χ0v) is 13.9. The van der Waals surface area contributed by atoms with Gasteiger partial charge in [0.2, 0.25) is 5.95 Å². The minimum Gasteiger partial charge on any atom is -0.382 e. The molecule has 0 amide bonds. The van der Waals surface area contributed by atoms with E-state index in [1.54, 1.807) is 0 Å². The lowest BCUT2D eigenvalue weighted by Crippen LogP contribution is -2.42. The maximum absolute atomic E-state index is 5.35. The first kappa shape index (κ1) is 17.0. The largest absolute Gasteiger partial charge is 0.382 e. The van der Waals surface area contributed by atoms with Crippen molar-refractivity contribution in [3.63, 3.8) is 0 Å². The van der Waals surface area contributed by atoms with Crippen LogP contribution in [0.25, 0.3) is 0 Å². The van der Waals surface area contributed by atoms with Crippen molar-refractivity contribution in [3.8, 4) is 0 Å². The predicted octanol–water partition coefficient (Wildman–Crippen LogP) is 2.37. The summed E-state index contributed by atoms with van der Waals surface area (Å²) in [5.41, 5.74) is 1.14. The van der Waals surface area contributed by atoms with Gasteiger partial charge in [-0.1, -0.05) is 0 Å². The van der Waals surface area contributed by atoms with Crippen molar-refractivity contribution in [2.45, 2.75) is 46.2 Å². The Bertz CT molecular complexity index is 399. The highest BCUT2D eigenvalue weighted by Gasteiger charge is 2.22. The van der Waals surface area contributed by atoms with Crippen LogP contribution in [0.4, 0.5) is 5.95 Å². The number of aryl methyl sites for hydroxylation is 1. The van der Waals surface area contributed by atoms with Gasteiger partial charge in [-0.15, -0.1) is 0 Å². The number of rotatable bonds is 9. The molecule has 20 heavy (non-hydrogen) atoms. The topological polar surface area (TPSA) is 42.3 Å². The number of hydrogen-bond acceptors (Lipinski definition) is 4. The fraction of sp³-hybridized carbons (Fsp3) is 0.800. The van der Waals surface area contributed by atoms with Gasteiger partial charge in [-0.2, -0.15) is 0 Å². The first-order valence-electron chi connectivity index (χ1n) is 7.39. The molecule has 0 aliphatic heterocycles. The lowest BCUT2D eigenvalue weighted by Gasteiger charge is -2.33. The van der Waals surface area contributed by atoms with Crippen molar-refractivity contribution >= 4 is 5.95 Å². The van der Waals surface area contributed by atoms with E-state index in [1.165, 1.54) is 0 Å². The van der Waals surface area contributed by atoms with E-state index in [4.69, 9.17) is 4.74 Å². The Labute approximate surface area is 123 Å². The Morgan fingerprint density at radius 2 is 2.10 bits per heavy atom. The molecule has 1 heterocycles. The highest BCUT2D eigenvalue weighted by Crippen LogP contribution is 2.17. The highest BCUT2D eigenvalue weighted by molar-refractivity contribution is 5.29. The van der Waals surface area contributed by atoms with Crippen molar-refractivity contribution < 1.29 is 4.74 Å². The summed E-state index contributed by atoms with van der Waals surface area (Å²) in [7, 11) is 4.22. The van der Waals surface area contributed by atoms with Crippen molar-refractivity contribution in [2.24, 2.45) is 0 Å². The molecule has 1 N–H and O–H groups in total. The zero-order valence-electron chi connectivity index (χ0n) is 13.9. The molecule has 0 saturated heterocycles. The van der Waals surface area contributed by atoms with E-state index in [0.29, 0.717) is 0 Å². The Morgan fingerprint density at radius 3 is 2.70 bits per heavy atom. The summed E-state index contributed by atoms with van der Waals surface area (Å²) >= 11 is 0. The molecule has 1 rings (SSSR count). The standard InChI is InChI=1S/C15H30N4O/c1-7-20-10-8-9-16-14-17-13(2)11-19(14)12-15(3,4)18(5)6/h11H,7-10,12H2,1-6H3,(H,16,17). The molecule has 0 aromatic carbocycles. The summed E-state index contributed by atoms with van der Waals surface area (Å²) in [5, 5.41) is 3.41. The monoisotopic (exact) mass is 282 g/mol. The van der Waals surface area contributed by atoms with Crippen LogP contribution in [0.3, 0.4) is 0 Å². The van der Waals surface area contributed by atoms with Crippen molar-refractivity contribution in [1.82, 2.24) is 14.5 Å². The zero-order chi connectivity index (χ0) is 15.2. The number of ether oxygens (including phenoxy) is 1. The lowest BCUT2D eigenvalue weighted by atomic mass is 10.0. The van der Waals surface area contributed by atoms with Crippen molar-refractivity contribution in [2.75, 3.05) is 39.2 Å². The highest BCUT2D eigenvalue weighted by atomic mass is 16.5. The van der Waals surface area contributed by atoms with E-state index in [0.717, 1.165) is 44.4 Å². The molecule has 1 aromatic rings. The summed E-state index contributed by atoms with van der Waals surface area (Å²) in [4.78, 5) is 6.80. The molecule has 0 unspecified atom stereocenters. The fourth-order valence-electron chi connectivity index (χ4n) is 1.89. The van der Waals surface area contributed by atoms with Gasteiger partial charge in [0.1, 0.15) is 0 Å².